The third-order valence-corrected chi connectivity index (χ3v) is 6.44. The maximum Gasteiger partial charge on any atom is 0.410 e. The largest absolute Gasteiger partial charge is 0.497 e. The summed E-state index contributed by atoms with van der Waals surface area (Å²) in [5.41, 5.74) is 0.527. The molecule has 31 heavy (non-hydrogen) atoms. The third-order valence-electron chi connectivity index (χ3n) is 6.08. The average Bonchev–Trinajstić information content (AvgIpc) is 3.09. The van der Waals surface area contributed by atoms with Crippen LogP contribution in [0.2, 0.25) is 5.02 Å². The van der Waals surface area contributed by atoms with Gasteiger partial charge in [-0.1, -0.05) is 23.7 Å². The standard InChI is InChI=1S/C21H24ClF3N4O2/c1-12-5-3-4-10-28(12)20(30)18-17(22)19-26-15(13-6-8-14(31-2)9-7-13)11-16(21(23,24)25)29(19)27-18/h6-9,12,15-16,26H,3-5,10-11H2,1-2H3. The zero-order chi connectivity index (χ0) is 22.3. The Labute approximate surface area is 183 Å². The maximum atomic E-state index is 13.9. The van der Waals surface area contributed by atoms with E-state index in [0.29, 0.717) is 17.9 Å². The quantitative estimate of drug-likeness (QED) is 0.688. The number of methoxy groups -OCH3 is 1. The number of benzene rings is 1. The summed E-state index contributed by atoms with van der Waals surface area (Å²) in [5, 5.41) is 7.05. The number of halogens is 4. The molecule has 0 spiro atoms. The summed E-state index contributed by atoms with van der Waals surface area (Å²) in [5.74, 6) is 0.199. The van der Waals surface area contributed by atoms with E-state index < -0.39 is 24.2 Å². The fraction of sp³-hybridized carbons (Fsp3) is 0.524. The first-order valence-corrected chi connectivity index (χ1v) is 10.6. The van der Waals surface area contributed by atoms with E-state index in [1.807, 2.05) is 6.92 Å². The Kier molecular flexibility index (Phi) is 5.81. The molecule has 1 aromatic heterocycles. The molecule has 10 heteroatoms. The van der Waals surface area contributed by atoms with Crippen LogP contribution in [0.25, 0.3) is 0 Å². The number of hydrogen-bond acceptors (Lipinski definition) is 4. The molecule has 0 aliphatic carbocycles. The lowest BCUT2D eigenvalue weighted by atomic mass is 9.97. The van der Waals surface area contributed by atoms with Crippen LogP contribution in [0, 0.1) is 0 Å². The van der Waals surface area contributed by atoms with Gasteiger partial charge in [-0.05, 0) is 43.9 Å². The molecule has 0 saturated carbocycles. The second-order valence-electron chi connectivity index (χ2n) is 8.06. The zero-order valence-corrected chi connectivity index (χ0v) is 18.0. The SMILES string of the molecule is COc1ccc(C2CC(C(F)(F)F)n3nc(C(=O)N4CCCCC4C)c(Cl)c3N2)cc1. The normalized spacial score (nSPS) is 23.8. The molecule has 1 aromatic carbocycles. The number of hydrogen-bond donors (Lipinski definition) is 1. The Morgan fingerprint density at radius 2 is 1.97 bits per heavy atom. The van der Waals surface area contributed by atoms with E-state index >= 15 is 0 Å². The van der Waals surface area contributed by atoms with Gasteiger partial charge in [-0.15, -0.1) is 0 Å². The first-order valence-electron chi connectivity index (χ1n) is 10.3. The number of rotatable bonds is 3. The van der Waals surface area contributed by atoms with E-state index in [2.05, 4.69) is 10.4 Å². The molecule has 3 heterocycles. The fourth-order valence-electron chi connectivity index (χ4n) is 4.32. The Morgan fingerprint density at radius 1 is 1.26 bits per heavy atom. The lowest BCUT2D eigenvalue weighted by Crippen LogP contribution is -2.42. The number of nitrogens with zero attached hydrogens (tertiary/aromatic N) is 3. The summed E-state index contributed by atoms with van der Waals surface area (Å²) in [7, 11) is 1.52. The highest BCUT2D eigenvalue weighted by Gasteiger charge is 2.48. The minimum absolute atomic E-state index is 0.00513. The fourth-order valence-corrected chi connectivity index (χ4v) is 4.58. The van der Waals surface area contributed by atoms with Crippen LogP contribution in [0.3, 0.4) is 0 Å². The number of anilines is 1. The van der Waals surface area contributed by atoms with Crippen molar-refractivity contribution in [1.82, 2.24) is 14.7 Å². The number of ether oxygens (including phenoxy) is 1. The van der Waals surface area contributed by atoms with Gasteiger partial charge in [0.1, 0.15) is 16.6 Å². The highest BCUT2D eigenvalue weighted by molar-refractivity contribution is 6.36. The van der Waals surface area contributed by atoms with Crippen molar-refractivity contribution in [3.63, 3.8) is 0 Å². The number of alkyl halides is 3. The van der Waals surface area contributed by atoms with Crippen LogP contribution in [-0.2, 0) is 0 Å². The third kappa shape index (κ3) is 4.07. The number of likely N-dealkylation sites (tertiary alicyclic amines) is 1. The van der Waals surface area contributed by atoms with Gasteiger partial charge >= 0.3 is 6.18 Å². The highest BCUT2D eigenvalue weighted by atomic mass is 35.5. The maximum absolute atomic E-state index is 13.9. The molecule has 4 rings (SSSR count). The number of amides is 1. The van der Waals surface area contributed by atoms with Crippen LogP contribution in [0.5, 0.6) is 5.75 Å². The lowest BCUT2D eigenvalue weighted by molar-refractivity contribution is -0.173. The molecule has 3 atom stereocenters. The molecule has 1 N–H and O–H groups in total. The van der Waals surface area contributed by atoms with Gasteiger partial charge in [0.25, 0.3) is 5.91 Å². The van der Waals surface area contributed by atoms with Crippen LogP contribution in [0.15, 0.2) is 24.3 Å². The van der Waals surface area contributed by atoms with Gasteiger partial charge < -0.3 is 15.0 Å². The summed E-state index contributed by atoms with van der Waals surface area (Å²) in [6.45, 7) is 2.47. The second kappa shape index (κ2) is 8.26. The number of carbonyl (C=O) groups excluding carboxylic acids is 1. The predicted molar refractivity (Wildman–Crippen MR) is 111 cm³/mol. The summed E-state index contributed by atoms with van der Waals surface area (Å²) < 4.78 is 47.8. The number of piperidine rings is 1. The van der Waals surface area contributed by atoms with Crippen LogP contribution < -0.4 is 10.1 Å². The van der Waals surface area contributed by atoms with Gasteiger partial charge in [0, 0.05) is 19.0 Å². The van der Waals surface area contributed by atoms with E-state index in [4.69, 9.17) is 16.3 Å². The van der Waals surface area contributed by atoms with E-state index in [1.165, 1.54) is 7.11 Å². The van der Waals surface area contributed by atoms with Crippen molar-refractivity contribution in [2.24, 2.45) is 0 Å². The van der Waals surface area contributed by atoms with Gasteiger partial charge in [-0.25, -0.2) is 4.68 Å². The predicted octanol–water partition coefficient (Wildman–Crippen LogP) is 5.22. The number of carbonyl (C=O) groups is 1. The minimum Gasteiger partial charge on any atom is -0.497 e. The van der Waals surface area contributed by atoms with Crippen LogP contribution in [0.4, 0.5) is 19.0 Å². The van der Waals surface area contributed by atoms with E-state index in [0.717, 1.165) is 23.9 Å². The van der Waals surface area contributed by atoms with Crippen molar-refractivity contribution in [2.45, 2.75) is 56.9 Å². The molecule has 0 bridgehead atoms. The molecular formula is C21H24ClF3N4O2. The first-order chi connectivity index (χ1) is 14.7. The Hall–Kier alpha value is -2.42. The molecule has 2 aromatic rings. The molecule has 2 aliphatic rings. The summed E-state index contributed by atoms with van der Waals surface area (Å²) in [6, 6.07) is 4.27. The average molecular weight is 457 g/mol. The second-order valence-corrected chi connectivity index (χ2v) is 8.44. The Balaban J connectivity index is 1.71. The molecule has 6 nitrogen and oxygen atoms in total. The van der Waals surface area contributed by atoms with Crippen LogP contribution >= 0.6 is 11.6 Å². The van der Waals surface area contributed by atoms with Crippen molar-refractivity contribution in [2.75, 3.05) is 19.0 Å². The molecule has 1 saturated heterocycles. The van der Waals surface area contributed by atoms with Gasteiger partial charge in [0.15, 0.2) is 11.7 Å². The van der Waals surface area contributed by atoms with Crippen molar-refractivity contribution >= 4 is 23.3 Å². The Bertz CT molecular complexity index is 961. The van der Waals surface area contributed by atoms with E-state index in [9.17, 15) is 18.0 Å². The zero-order valence-electron chi connectivity index (χ0n) is 17.2. The molecular weight excluding hydrogens is 433 g/mol. The molecule has 1 amide bonds. The minimum atomic E-state index is -4.55. The lowest BCUT2D eigenvalue weighted by Gasteiger charge is -2.33. The van der Waals surface area contributed by atoms with Crippen molar-refractivity contribution in [3.05, 3.63) is 40.5 Å². The van der Waals surface area contributed by atoms with Crippen molar-refractivity contribution in [1.29, 1.82) is 0 Å². The topological polar surface area (TPSA) is 59.4 Å². The Morgan fingerprint density at radius 3 is 2.58 bits per heavy atom. The summed E-state index contributed by atoms with van der Waals surface area (Å²) in [6.07, 6.45) is -2.10. The van der Waals surface area contributed by atoms with Crippen molar-refractivity contribution < 1.29 is 22.7 Å². The van der Waals surface area contributed by atoms with Crippen molar-refractivity contribution in [3.8, 4) is 5.75 Å². The number of aromatic nitrogens is 2. The smallest absolute Gasteiger partial charge is 0.410 e. The molecule has 3 unspecified atom stereocenters. The van der Waals surface area contributed by atoms with E-state index in [1.54, 1.807) is 29.2 Å². The van der Waals surface area contributed by atoms with Gasteiger partial charge in [0.05, 0.1) is 13.2 Å². The molecule has 0 radical (unpaired) electrons. The summed E-state index contributed by atoms with van der Waals surface area (Å²) >= 11 is 6.44. The van der Waals surface area contributed by atoms with Gasteiger partial charge in [-0.2, -0.15) is 18.3 Å². The molecule has 168 valence electrons. The number of fused-ring (bicyclic) bond motifs is 1. The highest BCUT2D eigenvalue weighted by Crippen LogP contribution is 2.46. The molecule has 1 fully saturated rings. The summed E-state index contributed by atoms with van der Waals surface area (Å²) in [4.78, 5) is 14.7. The van der Waals surface area contributed by atoms with Crippen LogP contribution in [0.1, 0.15) is 60.7 Å². The molecule has 2 aliphatic heterocycles. The van der Waals surface area contributed by atoms with Gasteiger partial charge in [0.2, 0.25) is 0 Å². The monoisotopic (exact) mass is 456 g/mol. The van der Waals surface area contributed by atoms with Crippen LogP contribution in [-0.4, -0.2) is 46.5 Å². The first kappa shape index (κ1) is 21.8. The van der Waals surface area contributed by atoms with Gasteiger partial charge in [-0.3, -0.25) is 4.79 Å². The number of nitrogens with one attached hydrogen (secondary N) is 1. The van der Waals surface area contributed by atoms with E-state index in [-0.39, 0.29) is 29.0 Å².